The third-order valence-corrected chi connectivity index (χ3v) is 6.60. The van der Waals surface area contributed by atoms with Crippen molar-refractivity contribution >= 4 is 33.3 Å². The van der Waals surface area contributed by atoms with Gasteiger partial charge >= 0.3 is 6.09 Å². The number of anilines is 2. The second-order valence-corrected chi connectivity index (χ2v) is 9.61. The number of rotatable bonds is 11. The highest BCUT2D eigenvalue weighted by Crippen LogP contribution is 2.32. The van der Waals surface area contributed by atoms with E-state index in [1.165, 1.54) is 48.2 Å². The van der Waals surface area contributed by atoms with Crippen molar-refractivity contribution in [3.63, 3.8) is 0 Å². The van der Waals surface area contributed by atoms with Gasteiger partial charge in [-0.15, -0.1) is 0 Å². The van der Waals surface area contributed by atoms with Crippen molar-refractivity contribution in [2.45, 2.75) is 11.3 Å². The van der Waals surface area contributed by atoms with Crippen LogP contribution in [-0.2, 0) is 25.9 Å². The number of ether oxygens (including phenoxy) is 3. The molecule has 206 valence electrons. The summed E-state index contributed by atoms with van der Waals surface area (Å²) in [7, 11) is -2.79. The molecule has 0 aliphatic carbocycles. The average Bonchev–Trinajstić information content (AvgIpc) is 3.32. The Hall–Kier alpha value is -4.34. The maximum Gasteiger partial charge on any atom is 0.404 e. The molecule has 2 aromatic carbocycles. The molecule has 5 N–H and O–H groups in total. The first kappa shape index (κ1) is 27.7. The number of aromatic nitrogens is 3. The van der Waals surface area contributed by atoms with Crippen LogP contribution in [0.1, 0.15) is 5.56 Å². The third kappa shape index (κ3) is 6.22. The largest absolute Gasteiger partial charge is 0.494 e. The first-order chi connectivity index (χ1) is 18.6. The molecule has 0 bridgehead atoms. The van der Waals surface area contributed by atoms with E-state index in [9.17, 15) is 22.0 Å². The van der Waals surface area contributed by atoms with E-state index in [0.29, 0.717) is 16.9 Å². The SMILES string of the molecule is COc1ccc(-c2cnc3c(Nc4ccc(S(N)(=O)=O)c(CCOCCOC(N)=O)c4)nccn23)c(F)c1F. The highest BCUT2D eigenvalue weighted by Gasteiger charge is 2.20. The highest BCUT2D eigenvalue weighted by molar-refractivity contribution is 7.89. The fourth-order valence-electron chi connectivity index (χ4n) is 3.85. The molecule has 0 atom stereocenters. The van der Waals surface area contributed by atoms with Gasteiger partial charge in [0.25, 0.3) is 0 Å². The molecule has 2 heterocycles. The average molecular weight is 563 g/mol. The van der Waals surface area contributed by atoms with Crippen LogP contribution in [0, 0.1) is 11.6 Å². The first-order valence-corrected chi connectivity index (χ1v) is 12.9. The van der Waals surface area contributed by atoms with E-state index in [0.717, 1.165) is 0 Å². The number of carbonyl (C=O) groups is 1. The Kier molecular flexibility index (Phi) is 8.23. The number of hydrogen-bond donors (Lipinski definition) is 3. The van der Waals surface area contributed by atoms with Gasteiger partial charge in [-0.3, -0.25) is 4.40 Å². The number of carbonyl (C=O) groups excluding carboxylic acids is 1. The van der Waals surface area contributed by atoms with Crippen LogP contribution in [0.25, 0.3) is 16.9 Å². The van der Waals surface area contributed by atoms with Crippen molar-refractivity contribution in [2.75, 3.05) is 32.2 Å². The van der Waals surface area contributed by atoms with Gasteiger partial charge in [-0.05, 0) is 42.3 Å². The molecule has 15 heteroatoms. The molecule has 0 radical (unpaired) electrons. The number of nitrogens with one attached hydrogen (secondary N) is 1. The van der Waals surface area contributed by atoms with E-state index in [2.05, 4.69) is 20.0 Å². The number of methoxy groups -OCH3 is 1. The fraction of sp³-hybridized carbons (Fsp3) is 0.208. The number of fused-ring (bicyclic) bond motifs is 1. The lowest BCUT2D eigenvalue weighted by Crippen LogP contribution is -2.18. The maximum atomic E-state index is 14.7. The monoisotopic (exact) mass is 562 g/mol. The molecular weight excluding hydrogens is 538 g/mol. The lowest BCUT2D eigenvalue weighted by atomic mass is 10.1. The molecule has 0 aliphatic rings. The summed E-state index contributed by atoms with van der Waals surface area (Å²) < 4.78 is 69.5. The van der Waals surface area contributed by atoms with Gasteiger partial charge in [-0.1, -0.05) is 0 Å². The Bertz CT molecular complexity index is 1630. The molecule has 2 aromatic heterocycles. The van der Waals surface area contributed by atoms with Crippen LogP contribution in [0.15, 0.2) is 53.8 Å². The molecule has 1 amide bonds. The number of amides is 1. The minimum atomic E-state index is -4.03. The van der Waals surface area contributed by atoms with Gasteiger partial charge in [0, 0.05) is 23.6 Å². The van der Waals surface area contributed by atoms with Crippen LogP contribution in [0.3, 0.4) is 0 Å². The van der Waals surface area contributed by atoms with Gasteiger partial charge in [0.2, 0.25) is 15.8 Å². The lowest BCUT2D eigenvalue weighted by molar-refractivity contribution is 0.0778. The molecule has 0 fully saturated rings. The Morgan fingerprint density at radius 3 is 2.62 bits per heavy atom. The van der Waals surface area contributed by atoms with Crippen LogP contribution in [0.5, 0.6) is 5.75 Å². The van der Waals surface area contributed by atoms with Gasteiger partial charge in [-0.25, -0.2) is 32.7 Å². The van der Waals surface area contributed by atoms with E-state index >= 15 is 0 Å². The van der Waals surface area contributed by atoms with E-state index in [-0.39, 0.29) is 54.0 Å². The smallest absolute Gasteiger partial charge is 0.404 e. The Labute approximate surface area is 221 Å². The Morgan fingerprint density at radius 1 is 1.10 bits per heavy atom. The molecule has 0 aliphatic heterocycles. The quantitative estimate of drug-likeness (QED) is 0.232. The van der Waals surface area contributed by atoms with Crippen LogP contribution in [0.4, 0.5) is 25.1 Å². The van der Waals surface area contributed by atoms with Crippen LogP contribution in [-0.4, -0.2) is 55.8 Å². The van der Waals surface area contributed by atoms with Crippen LogP contribution in [0.2, 0.25) is 0 Å². The zero-order chi connectivity index (χ0) is 28.2. The number of sulfonamides is 1. The van der Waals surface area contributed by atoms with Gasteiger partial charge in [0.1, 0.15) is 6.61 Å². The number of benzene rings is 2. The number of halogens is 2. The van der Waals surface area contributed by atoms with E-state index in [4.69, 9.17) is 20.3 Å². The molecule has 0 saturated heterocycles. The summed E-state index contributed by atoms with van der Waals surface area (Å²) in [5.41, 5.74) is 6.26. The second-order valence-electron chi connectivity index (χ2n) is 8.08. The van der Waals surface area contributed by atoms with Crippen LogP contribution >= 0.6 is 0 Å². The Morgan fingerprint density at radius 2 is 1.90 bits per heavy atom. The number of nitrogens with two attached hydrogens (primary N) is 2. The number of hydrogen-bond acceptors (Lipinski definition) is 9. The van der Waals surface area contributed by atoms with Gasteiger partial charge in [-0.2, -0.15) is 4.39 Å². The predicted molar refractivity (Wildman–Crippen MR) is 136 cm³/mol. The van der Waals surface area contributed by atoms with Crippen LogP contribution < -0.4 is 20.9 Å². The van der Waals surface area contributed by atoms with Gasteiger partial charge in [0.05, 0.1) is 37.1 Å². The zero-order valence-corrected chi connectivity index (χ0v) is 21.4. The van der Waals surface area contributed by atoms with Crippen molar-refractivity contribution < 1.29 is 36.2 Å². The number of imidazole rings is 1. The fourth-order valence-corrected chi connectivity index (χ4v) is 4.63. The maximum absolute atomic E-state index is 14.7. The summed E-state index contributed by atoms with van der Waals surface area (Å²) in [6.45, 7) is 0.127. The number of primary amides is 1. The van der Waals surface area contributed by atoms with E-state index in [1.807, 2.05) is 0 Å². The van der Waals surface area contributed by atoms with Crippen molar-refractivity contribution in [2.24, 2.45) is 10.9 Å². The van der Waals surface area contributed by atoms with Crippen molar-refractivity contribution in [3.05, 3.63) is 66.1 Å². The number of primary sulfonamides is 1. The minimum absolute atomic E-state index is 0.0287. The third-order valence-electron chi connectivity index (χ3n) is 5.59. The van der Waals surface area contributed by atoms with E-state index in [1.54, 1.807) is 12.3 Å². The predicted octanol–water partition coefficient (Wildman–Crippen LogP) is 2.73. The molecule has 0 saturated carbocycles. The normalized spacial score (nSPS) is 11.5. The van der Waals surface area contributed by atoms with Gasteiger partial charge < -0.3 is 25.3 Å². The van der Waals surface area contributed by atoms with Crippen molar-refractivity contribution in [3.8, 4) is 17.0 Å². The first-order valence-electron chi connectivity index (χ1n) is 11.4. The molecular formula is C24H24F2N6O6S. The lowest BCUT2D eigenvalue weighted by Gasteiger charge is -2.13. The molecule has 0 spiro atoms. The number of nitrogens with zero attached hydrogens (tertiary/aromatic N) is 3. The van der Waals surface area contributed by atoms with Crippen molar-refractivity contribution in [1.82, 2.24) is 14.4 Å². The molecule has 4 aromatic rings. The second kappa shape index (κ2) is 11.6. The molecule has 4 rings (SSSR count). The topological polar surface area (TPSA) is 173 Å². The molecule has 12 nitrogen and oxygen atoms in total. The summed E-state index contributed by atoms with van der Waals surface area (Å²) in [5, 5.41) is 8.44. The summed E-state index contributed by atoms with van der Waals surface area (Å²) in [6, 6.07) is 7.11. The molecule has 39 heavy (non-hydrogen) atoms. The standard InChI is InChI=1S/C24H24F2N6O6S/c1-36-18-4-3-16(20(25)21(18)26)17-13-30-23-22(29-7-8-32(17)23)31-15-2-5-19(39(28,34)35)14(12-15)6-9-37-10-11-38-24(27)33/h2-5,7-8,12-13H,6,9-11H2,1H3,(H2,27,33)(H,29,31)(H2,28,34,35). The molecule has 0 unspecified atom stereocenters. The Balaban J connectivity index is 1.60. The summed E-state index contributed by atoms with van der Waals surface area (Å²) in [5.74, 6) is -2.16. The van der Waals surface area contributed by atoms with Crippen molar-refractivity contribution in [1.29, 1.82) is 0 Å². The highest BCUT2D eigenvalue weighted by atomic mass is 32.2. The summed E-state index contributed by atoms with van der Waals surface area (Å²) in [4.78, 5) is 19.1. The summed E-state index contributed by atoms with van der Waals surface area (Å²) in [6.07, 6.45) is 3.61. The van der Waals surface area contributed by atoms with Gasteiger partial charge in [0.15, 0.2) is 23.0 Å². The minimum Gasteiger partial charge on any atom is -0.494 e. The van der Waals surface area contributed by atoms with E-state index < -0.39 is 27.8 Å². The summed E-state index contributed by atoms with van der Waals surface area (Å²) >= 11 is 0. The zero-order valence-electron chi connectivity index (χ0n) is 20.6.